The number of aromatic nitrogens is 1. The lowest BCUT2D eigenvalue weighted by atomic mass is 10.2. The standard InChI is InChI=1S/C10H17N5/c1-3-12-10(15-11)14-7-9-8(2)5-4-6-13-9/h4-6H,3,7,11H2,1-2H3,(H2,12,14,15). The summed E-state index contributed by atoms with van der Waals surface area (Å²) in [6.07, 6.45) is 1.76. The van der Waals surface area contributed by atoms with Crippen LogP contribution >= 0.6 is 0 Å². The van der Waals surface area contributed by atoms with Gasteiger partial charge in [0, 0.05) is 12.7 Å². The molecule has 0 radical (unpaired) electrons. The lowest BCUT2D eigenvalue weighted by molar-refractivity contribution is 0.843. The molecule has 0 amide bonds. The van der Waals surface area contributed by atoms with E-state index < -0.39 is 0 Å². The Hall–Kier alpha value is -1.62. The van der Waals surface area contributed by atoms with Gasteiger partial charge in [0.1, 0.15) is 0 Å². The molecule has 0 unspecified atom stereocenters. The van der Waals surface area contributed by atoms with E-state index in [1.54, 1.807) is 6.20 Å². The molecule has 0 aliphatic heterocycles. The fourth-order valence-corrected chi connectivity index (χ4v) is 1.16. The van der Waals surface area contributed by atoms with Crippen LogP contribution in [-0.4, -0.2) is 17.5 Å². The second-order valence-electron chi connectivity index (χ2n) is 3.11. The van der Waals surface area contributed by atoms with Gasteiger partial charge in [-0.25, -0.2) is 10.8 Å². The highest BCUT2D eigenvalue weighted by molar-refractivity contribution is 5.79. The Labute approximate surface area is 89.8 Å². The van der Waals surface area contributed by atoms with Crippen molar-refractivity contribution in [2.75, 3.05) is 6.54 Å². The van der Waals surface area contributed by atoms with Crippen LogP contribution in [0, 0.1) is 6.92 Å². The van der Waals surface area contributed by atoms with Crippen molar-refractivity contribution in [3.63, 3.8) is 0 Å². The third kappa shape index (κ3) is 3.55. The first kappa shape index (κ1) is 11.5. The van der Waals surface area contributed by atoms with E-state index >= 15 is 0 Å². The summed E-state index contributed by atoms with van der Waals surface area (Å²) in [6, 6.07) is 3.93. The van der Waals surface area contributed by atoms with Gasteiger partial charge in [0.15, 0.2) is 0 Å². The number of pyridine rings is 1. The molecule has 1 heterocycles. The molecule has 1 aromatic heterocycles. The molecule has 1 rings (SSSR count). The SMILES string of the molecule is CCNC(=NCc1ncccc1C)NN. The molecule has 0 aliphatic carbocycles. The van der Waals surface area contributed by atoms with E-state index in [0.717, 1.165) is 17.8 Å². The van der Waals surface area contributed by atoms with Crippen LogP contribution in [0.5, 0.6) is 0 Å². The van der Waals surface area contributed by atoms with E-state index in [0.29, 0.717) is 12.5 Å². The van der Waals surface area contributed by atoms with E-state index in [9.17, 15) is 0 Å². The normalized spacial score (nSPS) is 11.3. The van der Waals surface area contributed by atoms with Gasteiger partial charge in [0.2, 0.25) is 5.96 Å². The average molecular weight is 207 g/mol. The number of hydrogen-bond donors (Lipinski definition) is 3. The van der Waals surface area contributed by atoms with Crippen LogP contribution in [0.3, 0.4) is 0 Å². The lowest BCUT2D eigenvalue weighted by Gasteiger charge is -2.06. The Morgan fingerprint density at radius 2 is 2.40 bits per heavy atom. The first-order valence-corrected chi connectivity index (χ1v) is 4.93. The van der Waals surface area contributed by atoms with Crippen LogP contribution in [-0.2, 0) is 6.54 Å². The van der Waals surface area contributed by atoms with Crippen molar-refractivity contribution in [1.29, 1.82) is 0 Å². The maximum absolute atomic E-state index is 5.30. The van der Waals surface area contributed by atoms with Crippen LogP contribution in [0.4, 0.5) is 0 Å². The maximum atomic E-state index is 5.30. The highest BCUT2D eigenvalue weighted by atomic mass is 15.3. The third-order valence-corrected chi connectivity index (χ3v) is 1.99. The molecule has 0 aliphatic rings. The van der Waals surface area contributed by atoms with Crippen LogP contribution in [0.15, 0.2) is 23.3 Å². The minimum atomic E-state index is 0.527. The second-order valence-corrected chi connectivity index (χ2v) is 3.11. The fraction of sp³-hybridized carbons (Fsp3) is 0.400. The number of nitrogens with zero attached hydrogens (tertiary/aromatic N) is 2. The van der Waals surface area contributed by atoms with E-state index in [4.69, 9.17) is 5.84 Å². The number of aliphatic imine (C=N–C) groups is 1. The summed E-state index contributed by atoms with van der Waals surface area (Å²) in [5.41, 5.74) is 4.60. The topological polar surface area (TPSA) is 75.3 Å². The van der Waals surface area contributed by atoms with Crippen molar-refractivity contribution in [1.82, 2.24) is 15.7 Å². The van der Waals surface area contributed by atoms with Gasteiger partial charge >= 0.3 is 0 Å². The van der Waals surface area contributed by atoms with E-state index in [-0.39, 0.29) is 0 Å². The Kier molecular flexibility index (Phi) is 4.56. The largest absolute Gasteiger partial charge is 0.356 e. The van der Waals surface area contributed by atoms with Crippen LogP contribution in [0.1, 0.15) is 18.2 Å². The summed E-state index contributed by atoms with van der Waals surface area (Å²) in [7, 11) is 0. The molecule has 0 bridgehead atoms. The summed E-state index contributed by atoms with van der Waals surface area (Å²) in [5, 5.41) is 3.01. The van der Waals surface area contributed by atoms with Gasteiger partial charge < -0.3 is 5.32 Å². The summed E-state index contributed by atoms with van der Waals surface area (Å²) < 4.78 is 0. The molecule has 82 valence electrons. The van der Waals surface area contributed by atoms with Gasteiger partial charge in [0.05, 0.1) is 12.2 Å². The van der Waals surface area contributed by atoms with E-state index in [1.807, 2.05) is 26.0 Å². The van der Waals surface area contributed by atoms with Crippen molar-refractivity contribution < 1.29 is 0 Å². The smallest absolute Gasteiger partial charge is 0.206 e. The Balaban J connectivity index is 2.65. The predicted molar refractivity (Wildman–Crippen MR) is 61.1 cm³/mol. The van der Waals surface area contributed by atoms with Crippen molar-refractivity contribution in [2.45, 2.75) is 20.4 Å². The second kappa shape index (κ2) is 5.98. The van der Waals surface area contributed by atoms with Gasteiger partial charge in [-0.2, -0.15) is 0 Å². The minimum Gasteiger partial charge on any atom is -0.356 e. The first-order valence-electron chi connectivity index (χ1n) is 4.93. The highest BCUT2D eigenvalue weighted by Gasteiger charge is 1.98. The lowest BCUT2D eigenvalue weighted by Crippen LogP contribution is -2.41. The number of nitrogens with one attached hydrogen (secondary N) is 2. The van der Waals surface area contributed by atoms with Gasteiger partial charge in [-0.15, -0.1) is 0 Å². The molecule has 0 atom stereocenters. The molecular formula is C10H17N5. The summed E-state index contributed by atoms with van der Waals surface area (Å²) >= 11 is 0. The van der Waals surface area contributed by atoms with Crippen LogP contribution < -0.4 is 16.6 Å². The molecule has 5 nitrogen and oxygen atoms in total. The third-order valence-electron chi connectivity index (χ3n) is 1.99. The molecular weight excluding hydrogens is 190 g/mol. The van der Waals surface area contributed by atoms with Gasteiger partial charge in [-0.1, -0.05) is 6.07 Å². The monoisotopic (exact) mass is 207 g/mol. The molecule has 0 fully saturated rings. The Morgan fingerprint density at radius 3 is 3.00 bits per heavy atom. The van der Waals surface area contributed by atoms with Crippen molar-refractivity contribution >= 4 is 5.96 Å². The highest BCUT2D eigenvalue weighted by Crippen LogP contribution is 2.03. The molecule has 0 saturated heterocycles. The Bertz CT molecular complexity index is 334. The summed E-state index contributed by atoms with van der Waals surface area (Å²) in [5.74, 6) is 5.88. The first-order chi connectivity index (χ1) is 7.27. The zero-order chi connectivity index (χ0) is 11.1. The molecule has 15 heavy (non-hydrogen) atoms. The predicted octanol–water partition coefficient (Wildman–Crippen LogP) is 0.319. The molecule has 1 aromatic rings. The quantitative estimate of drug-likeness (QED) is 0.289. The number of hydrogen-bond acceptors (Lipinski definition) is 3. The van der Waals surface area contributed by atoms with Crippen molar-refractivity contribution in [2.24, 2.45) is 10.8 Å². The molecule has 0 saturated carbocycles. The number of rotatable bonds is 3. The molecule has 0 spiro atoms. The number of nitrogens with two attached hydrogens (primary N) is 1. The van der Waals surface area contributed by atoms with Crippen LogP contribution in [0.25, 0.3) is 0 Å². The number of guanidine groups is 1. The number of hydrazine groups is 1. The molecule has 5 heteroatoms. The molecule has 4 N–H and O–H groups in total. The summed E-state index contributed by atoms with van der Waals surface area (Å²) in [6.45, 7) is 5.31. The number of aryl methyl sites for hydroxylation is 1. The van der Waals surface area contributed by atoms with Gasteiger partial charge in [-0.05, 0) is 25.5 Å². The maximum Gasteiger partial charge on any atom is 0.206 e. The molecule has 0 aromatic carbocycles. The van der Waals surface area contributed by atoms with Crippen LogP contribution in [0.2, 0.25) is 0 Å². The zero-order valence-corrected chi connectivity index (χ0v) is 9.12. The Morgan fingerprint density at radius 1 is 1.60 bits per heavy atom. The van der Waals surface area contributed by atoms with Crippen molar-refractivity contribution in [3.8, 4) is 0 Å². The van der Waals surface area contributed by atoms with Crippen molar-refractivity contribution in [3.05, 3.63) is 29.6 Å². The fourth-order valence-electron chi connectivity index (χ4n) is 1.16. The van der Waals surface area contributed by atoms with E-state index in [1.165, 1.54) is 0 Å². The summed E-state index contributed by atoms with van der Waals surface area (Å²) in [4.78, 5) is 8.51. The van der Waals surface area contributed by atoms with Gasteiger partial charge in [0.25, 0.3) is 0 Å². The minimum absolute atomic E-state index is 0.527. The van der Waals surface area contributed by atoms with Gasteiger partial charge in [-0.3, -0.25) is 10.4 Å². The zero-order valence-electron chi connectivity index (χ0n) is 9.12. The van der Waals surface area contributed by atoms with E-state index in [2.05, 4.69) is 20.7 Å². The average Bonchev–Trinajstić information content (AvgIpc) is 2.26.